The number of esters is 1. The fourth-order valence-electron chi connectivity index (χ4n) is 4.08. The quantitative estimate of drug-likeness (QED) is 0.445. The molecule has 0 saturated heterocycles. The lowest BCUT2D eigenvalue weighted by Crippen LogP contribution is -2.24. The Hall–Kier alpha value is -1.52. The summed E-state index contributed by atoms with van der Waals surface area (Å²) < 4.78 is 10.7. The second-order valence-corrected chi connectivity index (χ2v) is 7.88. The van der Waals surface area contributed by atoms with Crippen LogP contribution in [0.5, 0.6) is 5.75 Å². The fraction of sp³-hybridized carbons (Fsp3) is 0.524. The smallest absolute Gasteiger partial charge is 0.305 e. The zero-order valence-corrected chi connectivity index (χ0v) is 17.2. The molecule has 0 aromatic heterocycles. The van der Waals surface area contributed by atoms with E-state index in [2.05, 4.69) is 6.92 Å². The molecule has 146 valence electrons. The van der Waals surface area contributed by atoms with Gasteiger partial charge in [-0.05, 0) is 55.9 Å². The molecule has 3 rings (SSSR count). The molecule has 0 spiro atoms. The van der Waals surface area contributed by atoms with Crippen molar-refractivity contribution in [3.05, 3.63) is 33.3 Å². The van der Waals surface area contributed by atoms with E-state index in [9.17, 15) is 9.59 Å². The molecule has 4 nitrogen and oxygen atoms in total. The van der Waals surface area contributed by atoms with E-state index < -0.39 is 0 Å². The Morgan fingerprint density at radius 1 is 1.26 bits per heavy atom. The number of hydrogen-bond acceptors (Lipinski definition) is 4. The maximum atomic E-state index is 12.0. The molecule has 1 unspecified atom stereocenters. The van der Waals surface area contributed by atoms with Crippen molar-refractivity contribution in [3.63, 3.8) is 0 Å². The number of carbonyl (C=O) groups is 2. The third-order valence-corrected chi connectivity index (χ3v) is 6.39. The molecule has 0 heterocycles. The largest absolute Gasteiger partial charge is 0.492 e. The molecule has 0 N–H and O–H groups in total. The van der Waals surface area contributed by atoms with E-state index in [-0.39, 0.29) is 17.2 Å². The molecule has 2 aliphatic rings. The monoisotopic (exact) mass is 410 g/mol. The van der Waals surface area contributed by atoms with Crippen molar-refractivity contribution in [1.82, 2.24) is 0 Å². The summed E-state index contributed by atoms with van der Waals surface area (Å²) in [6.07, 6.45) is 5.81. The Bertz CT molecular complexity index is 800. The minimum Gasteiger partial charge on any atom is -0.492 e. The predicted octanol–water partition coefficient (Wildman–Crippen LogP) is 5.41. The van der Waals surface area contributed by atoms with Gasteiger partial charge in [0.2, 0.25) is 0 Å². The first-order valence-electron chi connectivity index (χ1n) is 9.46. The van der Waals surface area contributed by atoms with Gasteiger partial charge in [0.25, 0.3) is 0 Å². The predicted molar refractivity (Wildman–Crippen MR) is 106 cm³/mol. The van der Waals surface area contributed by atoms with E-state index in [1.165, 1.54) is 0 Å². The number of fused-ring (bicyclic) bond motifs is 3. The SMILES string of the molecule is CCOC(=O)CCCOc1cc2c(c(Cl)c1Cl)C1=CC(=O)CCC1(CC)C2. The summed E-state index contributed by atoms with van der Waals surface area (Å²) >= 11 is 13.1. The summed E-state index contributed by atoms with van der Waals surface area (Å²) in [5, 5.41) is 0.809. The maximum Gasteiger partial charge on any atom is 0.305 e. The molecule has 0 bridgehead atoms. The van der Waals surface area contributed by atoms with Gasteiger partial charge in [-0.1, -0.05) is 30.1 Å². The third-order valence-electron chi connectivity index (χ3n) is 5.54. The summed E-state index contributed by atoms with van der Waals surface area (Å²) in [6, 6.07) is 1.94. The van der Waals surface area contributed by atoms with Crippen molar-refractivity contribution < 1.29 is 19.1 Å². The molecule has 0 saturated carbocycles. The normalized spacial score (nSPS) is 20.7. The highest BCUT2D eigenvalue weighted by molar-refractivity contribution is 6.44. The van der Waals surface area contributed by atoms with Crippen LogP contribution in [0.25, 0.3) is 5.57 Å². The number of rotatable bonds is 7. The highest BCUT2D eigenvalue weighted by Crippen LogP contribution is 2.57. The summed E-state index contributed by atoms with van der Waals surface area (Å²) in [5.41, 5.74) is 2.96. The number of ether oxygens (including phenoxy) is 2. The van der Waals surface area contributed by atoms with Crippen LogP contribution in [0.4, 0.5) is 0 Å². The number of ketones is 1. The van der Waals surface area contributed by atoms with Crippen molar-refractivity contribution in [2.24, 2.45) is 5.41 Å². The molecule has 0 radical (unpaired) electrons. The lowest BCUT2D eigenvalue weighted by atomic mass is 9.71. The average molecular weight is 411 g/mol. The summed E-state index contributed by atoms with van der Waals surface area (Å²) in [5.74, 6) is 0.444. The lowest BCUT2D eigenvalue weighted by Gasteiger charge is -2.32. The summed E-state index contributed by atoms with van der Waals surface area (Å²) in [7, 11) is 0. The van der Waals surface area contributed by atoms with E-state index in [0.29, 0.717) is 48.3 Å². The van der Waals surface area contributed by atoms with Crippen LogP contribution < -0.4 is 4.74 Å². The van der Waals surface area contributed by atoms with Crippen LogP contribution in [0.15, 0.2) is 12.1 Å². The molecular weight excluding hydrogens is 387 g/mol. The molecule has 0 amide bonds. The van der Waals surface area contributed by atoms with E-state index in [4.69, 9.17) is 32.7 Å². The minimum atomic E-state index is -0.232. The van der Waals surface area contributed by atoms with E-state index >= 15 is 0 Å². The van der Waals surface area contributed by atoms with Crippen LogP contribution in [0.1, 0.15) is 57.1 Å². The number of benzene rings is 1. The molecular formula is C21H24Cl2O4. The number of halogens is 2. The number of hydrogen-bond donors (Lipinski definition) is 0. The molecule has 1 aromatic carbocycles. The van der Waals surface area contributed by atoms with Crippen molar-refractivity contribution in [2.75, 3.05) is 13.2 Å². The number of allylic oxidation sites excluding steroid dienone is 2. The minimum absolute atomic E-state index is 0.0360. The fourth-order valence-corrected chi connectivity index (χ4v) is 4.60. The Morgan fingerprint density at radius 2 is 2.04 bits per heavy atom. The first-order chi connectivity index (χ1) is 12.9. The highest BCUT2D eigenvalue weighted by Gasteiger charge is 2.44. The van der Waals surface area contributed by atoms with Crippen LogP contribution in [0, 0.1) is 5.41 Å². The zero-order valence-electron chi connectivity index (χ0n) is 15.7. The van der Waals surface area contributed by atoms with E-state index in [1.54, 1.807) is 13.0 Å². The second kappa shape index (κ2) is 8.24. The first kappa shape index (κ1) is 20.2. The van der Waals surface area contributed by atoms with Crippen LogP contribution >= 0.6 is 23.2 Å². The van der Waals surface area contributed by atoms with Gasteiger partial charge < -0.3 is 9.47 Å². The molecule has 27 heavy (non-hydrogen) atoms. The Morgan fingerprint density at radius 3 is 2.74 bits per heavy atom. The van der Waals surface area contributed by atoms with Crippen LogP contribution in [0.3, 0.4) is 0 Å². The highest BCUT2D eigenvalue weighted by atomic mass is 35.5. The third kappa shape index (κ3) is 3.88. The second-order valence-electron chi connectivity index (χ2n) is 7.13. The molecule has 1 aromatic rings. The van der Waals surface area contributed by atoms with Crippen molar-refractivity contribution in [3.8, 4) is 5.75 Å². The Labute approximate surface area is 169 Å². The van der Waals surface area contributed by atoms with Gasteiger partial charge in [0.05, 0.1) is 18.2 Å². The van der Waals surface area contributed by atoms with E-state index in [0.717, 1.165) is 36.0 Å². The molecule has 0 fully saturated rings. The average Bonchev–Trinajstić information content (AvgIpc) is 2.97. The Kier molecular flexibility index (Phi) is 6.17. The van der Waals surface area contributed by atoms with E-state index in [1.807, 2.05) is 6.07 Å². The van der Waals surface area contributed by atoms with Crippen LogP contribution in [0.2, 0.25) is 10.0 Å². The first-order valence-corrected chi connectivity index (χ1v) is 10.2. The van der Waals surface area contributed by atoms with Gasteiger partial charge in [-0.2, -0.15) is 0 Å². The van der Waals surface area contributed by atoms with Crippen molar-refractivity contribution in [2.45, 2.75) is 52.4 Å². The van der Waals surface area contributed by atoms with Crippen molar-refractivity contribution in [1.29, 1.82) is 0 Å². The topological polar surface area (TPSA) is 52.6 Å². The molecule has 1 atom stereocenters. The van der Waals surface area contributed by atoms with Gasteiger partial charge in [0, 0.05) is 23.8 Å². The lowest BCUT2D eigenvalue weighted by molar-refractivity contribution is -0.143. The Balaban J connectivity index is 1.80. The molecule has 0 aliphatic heterocycles. The standard InChI is InChI=1S/C21H24Cl2O4/c1-3-21-8-7-14(24)11-15(21)18-13(12-21)10-16(19(22)20(18)23)27-9-5-6-17(25)26-4-2/h10-11H,3-9,12H2,1-2H3. The van der Waals surface area contributed by atoms with Gasteiger partial charge in [-0.15, -0.1) is 0 Å². The van der Waals surface area contributed by atoms with Gasteiger partial charge in [0.1, 0.15) is 10.8 Å². The molecule has 6 heteroatoms. The molecule has 2 aliphatic carbocycles. The van der Waals surface area contributed by atoms with Crippen LogP contribution in [-0.4, -0.2) is 25.0 Å². The summed E-state index contributed by atoms with van der Waals surface area (Å²) in [6.45, 7) is 4.67. The van der Waals surface area contributed by atoms with Gasteiger partial charge in [0.15, 0.2) is 5.78 Å². The van der Waals surface area contributed by atoms with Gasteiger partial charge in [-0.3, -0.25) is 9.59 Å². The maximum absolute atomic E-state index is 12.0. The van der Waals surface area contributed by atoms with Crippen molar-refractivity contribution >= 4 is 40.5 Å². The summed E-state index contributed by atoms with van der Waals surface area (Å²) in [4.78, 5) is 23.4. The van der Waals surface area contributed by atoms with Crippen LogP contribution in [-0.2, 0) is 20.7 Å². The van der Waals surface area contributed by atoms with Gasteiger partial charge >= 0.3 is 5.97 Å². The number of carbonyl (C=O) groups excluding carboxylic acids is 2. The zero-order chi connectivity index (χ0) is 19.6. The van der Waals surface area contributed by atoms with Gasteiger partial charge in [-0.25, -0.2) is 0 Å².